The van der Waals surface area contributed by atoms with Crippen molar-refractivity contribution >= 4 is 17.5 Å². The Hall–Kier alpha value is -4.06. The van der Waals surface area contributed by atoms with Gasteiger partial charge in [0.1, 0.15) is 11.6 Å². The van der Waals surface area contributed by atoms with Crippen molar-refractivity contribution in [2.24, 2.45) is 0 Å². The van der Waals surface area contributed by atoms with E-state index in [0.29, 0.717) is 18.7 Å². The Morgan fingerprint density at radius 2 is 1.82 bits per heavy atom. The highest BCUT2D eigenvalue weighted by Crippen LogP contribution is 2.35. The number of nitrogens with zero attached hydrogens (tertiary/aromatic N) is 1. The number of benzene rings is 2. The quantitative estimate of drug-likeness (QED) is 0.426. The maximum Gasteiger partial charge on any atom is 0.259 e. The van der Waals surface area contributed by atoms with Crippen LogP contribution in [-0.4, -0.2) is 21.7 Å². The molecule has 1 amide bonds. The second-order valence-corrected chi connectivity index (χ2v) is 8.13. The van der Waals surface area contributed by atoms with Gasteiger partial charge >= 0.3 is 0 Å². The number of aryl methyl sites for hydroxylation is 1. The van der Waals surface area contributed by atoms with Gasteiger partial charge in [-0.1, -0.05) is 42.5 Å². The lowest BCUT2D eigenvalue weighted by Crippen LogP contribution is -2.14. The summed E-state index contributed by atoms with van der Waals surface area (Å²) in [6.07, 6.45) is 4.42. The van der Waals surface area contributed by atoms with Crippen LogP contribution in [0.3, 0.4) is 0 Å². The lowest BCUT2D eigenvalue weighted by molar-refractivity contribution is 0.0970. The van der Waals surface area contributed by atoms with Gasteiger partial charge in [-0.15, -0.1) is 0 Å². The van der Waals surface area contributed by atoms with Gasteiger partial charge in [0.2, 0.25) is 0 Å². The third-order valence-electron chi connectivity index (χ3n) is 5.92. The molecule has 0 bridgehead atoms. The summed E-state index contributed by atoms with van der Waals surface area (Å²) < 4.78 is 14.0. The van der Waals surface area contributed by atoms with Gasteiger partial charge in [-0.05, 0) is 48.2 Å². The molecule has 1 aliphatic rings. The van der Waals surface area contributed by atoms with Gasteiger partial charge in [-0.25, -0.2) is 9.37 Å². The highest BCUT2D eigenvalue weighted by atomic mass is 19.1. The first-order valence-electron chi connectivity index (χ1n) is 10.9. The van der Waals surface area contributed by atoms with Crippen molar-refractivity contribution in [3.05, 3.63) is 107 Å². The summed E-state index contributed by atoms with van der Waals surface area (Å²) in [7, 11) is 0. The van der Waals surface area contributed by atoms with Crippen LogP contribution in [0, 0.1) is 5.82 Å². The van der Waals surface area contributed by atoms with Gasteiger partial charge < -0.3 is 10.3 Å². The molecule has 0 atom stereocenters. The molecule has 0 saturated heterocycles. The molecule has 0 aliphatic heterocycles. The molecular formula is C27H22FN3O2. The molecule has 5 rings (SSSR count). The van der Waals surface area contributed by atoms with Crippen LogP contribution in [0.4, 0.5) is 10.2 Å². The predicted octanol–water partition coefficient (Wildman–Crippen LogP) is 5.58. The van der Waals surface area contributed by atoms with E-state index in [1.165, 1.54) is 18.2 Å². The van der Waals surface area contributed by atoms with E-state index >= 15 is 0 Å². The first kappa shape index (κ1) is 20.8. The van der Waals surface area contributed by atoms with Crippen LogP contribution in [0.2, 0.25) is 0 Å². The van der Waals surface area contributed by atoms with Crippen LogP contribution in [0.15, 0.2) is 72.9 Å². The molecule has 4 aromatic rings. The molecule has 2 heterocycles. The molecule has 2 aromatic carbocycles. The van der Waals surface area contributed by atoms with Crippen molar-refractivity contribution in [2.75, 3.05) is 5.32 Å². The third kappa shape index (κ3) is 4.20. The molecule has 0 saturated carbocycles. The van der Waals surface area contributed by atoms with Crippen molar-refractivity contribution in [3.63, 3.8) is 0 Å². The zero-order chi connectivity index (χ0) is 22.8. The van der Waals surface area contributed by atoms with E-state index in [9.17, 15) is 14.0 Å². The number of nitrogens with one attached hydrogen (secondary N) is 2. The van der Waals surface area contributed by atoms with Crippen LogP contribution >= 0.6 is 0 Å². The number of anilines is 1. The Balaban J connectivity index is 1.52. The van der Waals surface area contributed by atoms with Crippen molar-refractivity contribution in [1.82, 2.24) is 9.97 Å². The van der Waals surface area contributed by atoms with E-state index in [1.807, 2.05) is 36.4 Å². The molecule has 0 unspecified atom stereocenters. The van der Waals surface area contributed by atoms with Gasteiger partial charge in [-0.2, -0.15) is 0 Å². The Morgan fingerprint density at radius 1 is 1.03 bits per heavy atom. The Kier molecular flexibility index (Phi) is 5.57. The number of hydrogen-bond donors (Lipinski definition) is 2. The molecule has 0 spiro atoms. The number of halogens is 1. The van der Waals surface area contributed by atoms with Crippen LogP contribution in [-0.2, 0) is 12.8 Å². The van der Waals surface area contributed by atoms with Crippen molar-refractivity contribution in [2.45, 2.75) is 25.7 Å². The van der Waals surface area contributed by atoms with E-state index in [1.54, 1.807) is 18.3 Å². The molecule has 5 nitrogen and oxygen atoms in total. The monoisotopic (exact) mass is 439 g/mol. The minimum Gasteiger partial charge on any atom is -0.358 e. The number of ketones is 1. The fourth-order valence-electron chi connectivity index (χ4n) is 4.38. The molecule has 0 fully saturated rings. The molecule has 2 aromatic heterocycles. The summed E-state index contributed by atoms with van der Waals surface area (Å²) in [5.41, 5.74) is 5.43. The van der Waals surface area contributed by atoms with Crippen molar-refractivity contribution < 1.29 is 14.0 Å². The SMILES string of the molecule is O=C(Nc1cc(-c2[nH]c3c(c2Cc2ccccc2)C(=O)CCC3)ccn1)c1ccccc1F. The largest absolute Gasteiger partial charge is 0.358 e. The summed E-state index contributed by atoms with van der Waals surface area (Å²) in [4.78, 5) is 33.1. The Bertz CT molecular complexity index is 1340. The average molecular weight is 439 g/mol. The first-order chi connectivity index (χ1) is 16.1. The molecule has 33 heavy (non-hydrogen) atoms. The standard InChI is InChI=1S/C27H22FN3O2/c28-21-10-5-4-9-19(21)27(33)31-24-16-18(13-14-29-24)26-20(15-17-7-2-1-3-8-17)25-22(30-26)11-6-12-23(25)32/h1-5,7-10,13-14,16,30H,6,11-12,15H2,(H,29,31,33). The maximum atomic E-state index is 14.0. The number of amides is 1. The molecule has 2 N–H and O–H groups in total. The number of aromatic nitrogens is 2. The van der Waals surface area contributed by atoms with Gasteiger partial charge in [0.15, 0.2) is 5.78 Å². The van der Waals surface area contributed by atoms with E-state index in [2.05, 4.69) is 15.3 Å². The highest BCUT2D eigenvalue weighted by Gasteiger charge is 2.26. The second-order valence-electron chi connectivity index (χ2n) is 8.13. The molecule has 6 heteroatoms. The topological polar surface area (TPSA) is 74.8 Å². The molecule has 164 valence electrons. The lowest BCUT2D eigenvalue weighted by atomic mass is 9.90. The second kappa shape index (κ2) is 8.82. The van der Waals surface area contributed by atoms with Gasteiger partial charge in [0, 0.05) is 35.9 Å². The fraction of sp³-hybridized carbons (Fsp3) is 0.148. The van der Waals surface area contributed by atoms with Gasteiger partial charge in [0.25, 0.3) is 5.91 Å². The van der Waals surface area contributed by atoms with E-state index < -0.39 is 11.7 Å². The maximum absolute atomic E-state index is 14.0. The number of aromatic amines is 1. The fourth-order valence-corrected chi connectivity index (χ4v) is 4.38. The average Bonchev–Trinajstić information content (AvgIpc) is 3.20. The number of pyridine rings is 1. The van der Waals surface area contributed by atoms with Crippen LogP contribution < -0.4 is 5.32 Å². The summed E-state index contributed by atoms with van der Waals surface area (Å²) >= 11 is 0. The van der Waals surface area contributed by atoms with E-state index in [0.717, 1.165) is 46.5 Å². The van der Waals surface area contributed by atoms with Crippen molar-refractivity contribution in [1.29, 1.82) is 0 Å². The smallest absolute Gasteiger partial charge is 0.259 e. The zero-order valence-electron chi connectivity index (χ0n) is 17.9. The minimum atomic E-state index is -0.591. The van der Waals surface area contributed by atoms with E-state index in [-0.39, 0.29) is 11.3 Å². The van der Waals surface area contributed by atoms with Gasteiger partial charge in [-0.3, -0.25) is 9.59 Å². The Labute approximate surface area is 190 Å². The number of carbonyl (C=O) groups is 2. The summed E-state index contributed by atoms with van der Waals surface area (Å²) in [6.45, 7) is 0. The molecular weight excluding hydrogens is 417 g/mol. The van der Waals surface area contributed by atoms with Crippen LogP contribution in [0.25, 0.3) is 11.3 Å². The highest BCUT2D eigenvalue weighted by molar-refractivity contribution is 6.04. The summed E-state index contributed by atoms with van der Waals surface area (Å²) in [5, 5.41) is 2.68. The Morgan fingerprint density at radius 3 is 2.64 bits per heavy atom. The normalized spacial score (nSPS) is 12.9. The lowest BCUT2D eigenvalue weighted by Gasteiger charge is -2.12. The molecule has 1 aliphatic carbocycles. The first-order valence-corrected chi connectivity index (χ1v) is 10.9. The molecule has 0 radical (unpaired) electrons. The van der Waals surface area contributed by atoms with Crippen molar-refractivity contribution in [3.8, 4) is 11.3 Å². The van der Waals surface area contributed by atoms with Crippen LogP contribution in [0.1, 0.15) is 50.4 Å². The third-order valence-corrected chi connectivity index (χ3v) is 5.92. The van der Waals surface area contributed by atoms with Crippen LogP contribution in [0.5, 0.6) is 0 Å². The number of hydrogen-bond acceptors (Lipinski definition) is 3. The van der Waals surface area contributed by atoms with E-state index in [4.69, 9.17) is 0 Å². The minimum absolute atomic E-state index is 0.0459. The summed E-state index contributed by atoms with van der Waals surface area (Å²) in [6, 6.07) is 19.4. The number of carbonyl (C=O) groups excluding carboxylic acids is 2. The predicted molar refractivity (Wildman–Crippen MR) is 125 cm³/mol. The zero-order valence-corrected chi connectivity index (χ0v) is 17.9. The number of rotatable bonds is 5. The number of Topliss-reactive ketones (excluding diaryl/α,β-unsaturated/α-hetero) is 1. The number of H-pyrrole nitrogens is 1. The van der Waals surface area contributed by atoms with Gasteiger partial charge in [0.05, 0.1) is 11.3 Å². The number of fused-ring (bicyclic) bond motifs is 1. The summed E-state index contributed by atoms with van der Waals surface area (Å²) in [5.74, 6) is -0.688.